The number of hydrogen-bond donors (Lipinski definition) is 2. The molecule has 1 saturated carbocycles. The van der Waals surface area contributed by atoms with Gasteiger partial charge in [-0.3, -0.25) is 4.79 Å². The van der Waals surface area contributed by atoms with Crippen molar-refractivity contribution in [2.24, 2.45) is 5.92 Å². The number of morpholine rings is 1. The highest BCUT2D eigenvalue weighted by Gasteiger charge is 2.23. The summed E-state index contributed by atoms with van der Waals surface area (Å²) in [6.07, 6.45) is 4.60. The van der Waals surface area contributed by atoms with Crippen molar-refractivity contribution in [2.75, 3.05) is 31.6 Å². The van der Waals surface area contributed by atoms with Gasteiger partial charge in [0.25, 0.3) is 5.91 Å². The third kappa shape index (κ3) is 4.72. The average Bonchev–Trinajstić information content (AvgIpc) is 2.64. The first-order valence-corrected chi connectivity index (χ1v) is 9.18. The molecule has 1 heterocycles. The Balaban J connectivity index is 1.59. The number of anilines is 1. The van der Waals surface area contributed by atoms with Crippen LogP contribution in [0.1, 0.15) is 43.0 Å². The smallest absolute Gasteiger partial charge is 0.319 e. The Bertz CT molecular complexity index is 614. The summed E-state index contributed by atoms with van der Waals surface area (Å²) in [6.45, 7) is 4.55. The Morgan fingerprint density at radius 1 is 1.16 bits per heavy atom. The fourth-order valence-corrected chi connectivity index (χ4v) is 3.55. The molecule has 2 N–H and O–H groups in total. The second-order valence-electron chi connectivity index (χ2n) is 6.95. The minimum Gasteiger partial charge on any atom is -0.378 e. The molecule has 0 spiro atoms. The maximum atomic E-state index is 12.5. The van der Waals surface area contributed by atoms with Crippen LogP contribution < -0.4 is 10.6 Å². The van der Waals surface area contributed by atoms with Gasteiger partial charge in [-0.2, -0.15) is 0 Å². The van der Waals surface area contributed by atoms with Crippen LogP contribution in [0.25, 0.3) is 0 Å². The summed E-state index contributed by atoms with van der Waals surface area (Å²) in [7, 11) is 0. The average molecular weight is 345 g/mol. The molecule has 2 unspecified atom stereocenters. The number of ether oxygens (including phenoxy) is 1. The van der Waals surface area contributed by atoms with Crippen molar-refractivity contribution >= 4 is 17.6 Å². The summed E-state index contributed by atoms with van der Waals surface area (Å²) in [5, 5.41) is 5.93. The Labute approximate surface area is 148 Å². The molecule has 1 aliphatic carbocycles. The summed E-state index contributed by atoms with van der Waals surface area (Å²) in [5.41, 5.74) is 1.23. The molecule has 6 nitrogen and oxygen atoms in total. The highest BCUT2D eigenvalue weighted by molar-refractivity contribution is 5.97. The van der Waals surface area contributed by atoms with Gasteiger partial charge in [0.05, 0.1) is 13.2 Å². The van der Waals surface area contributed by atoms with Gasteiger partial charge in [-0.25, -0.2) is 4.79 Å². The summed E-state index contributed by atoms with van der Waals surface area (Å²) in [6, 6.07) is 7.15. The van der Waals surface area contributed by atoms with Crippen molar-refractivity contribution in [1.29, 1.82) is 0 Å². The van der Waals surface area contributed by atoms with Crippen molar-refractivity contribution in [3.8, 4) is 0 Å². The van der Waals surface area contributed by atoms with E-state index in [1.165, 1.54) is 12.8 Å². The molecule has 3 amide bonds. The third-order valence-corrected chi connectivity index (χ3v) is 5.09. The van der Waals surface area contributed by atoms with E-state index in [9.17, 15) is 9.59 Å². The van der Waals surface area contributed by atoms with Crippen LogP contribution in [0.4, 0.5) is 10.5 Å². The first-order chi connectivity index (χ1) is 12.1. The predicted molar refractivity (Wildman–Crippen MR) is 96.7 cm³/mol. The van der Waals surface area contributed by atoms with E-state index in [1.54, 1.807) is 29.2 Å². The number of nitrogens with one attached hydrogen (secondary N) is 2. The SMILES string of the molecule is CC1CCCCC1NC(=O)Nc1cccc(C(=O)N2CCOCC2)c1. The fraction of sp³-hybridized carbons (Fsp3) is 0.579. The van der Waals surface area contributed by atoms with Crippen molar-refractivity contribution < 1.29 is 14.3 Å². The molecule has 2 fully saturated rings. The number of nitrogens with zero attached hydrogens (tertiary/aromatic N) is 1. The Morgan fingerprint density at radius 3 is 2.68 bits per heavy atom. The molecule has 2 aliphatic rings. The lowest BCUT2D eigenvalue weighted by Gasteiger charge is -2.29. The third-order valence-electron chi connectivity index (χ3n) is 5.09. The fourth-order valence-electron chi connectivity index (χ4n) is 3.55. The van der Waals surface area contributed by atoms with Crippen LogP contribution in [-0.4, -0.2) is 49.2 Å². The molecule has 0 aromatic heterocycles. The van der Waals surface area contributed by atoms with E-state index in [4.69, 9.17) is 4.74 Å². The molecule has 2 atom stereocenters. The lowest BCUT2D eigenvalue weighted by molar-refractivity contribution is 0.0303. The lowest BCUT2D eigenvalue weighted by atomic mass is 9.86. The minimum absolute atomic E-state index is 0.0201. The largest absolute Gasteiger partial charge is 0.378 e. The van der Waals surface area contributed by atoms with Gasteiger partial charge in [0, 0.05) is 30.4 Å². The van der Waals surface area contributed by atoms with Crippen LogP contribution in [0.15, 0.2) is 24.3 Å². The van der Waals surface area contributed by atoms with Gasteiger partial charge >= 0.3 is 6.03 Å². The first-order valence-electron chi connectivity index (χ1n) is 9.18. The van der Waals surface area contributed by atoms with Gasteiger partial charge in [0.2, 0.25) is 0 Å². The number of rotatable bonds is 3. The van der Waals surface area contributed by atoms with E-state index < -0.39 is 0 Å². The maximum absolute atomic E-state index is 12.5. The highest BCUT2D eigenvalue weighted by atomic mass is 16.5. The van der Waals surface area contributed by atoms with E-state index in [0.717, 1.165) is 12.8 Å². The second-order valence-corrected chi connectivity index (χ2v) is 6.95. The van der Waals surface area contributed by atoms with Crippen LogP contribution in [0, 0.1) is 5.92 Å². The zero-order valence-corrected chi connectivity index (χ0v) is 14.8. The molecule has 1 aliphatic heterocycles. The van der Waals surface area contributed by atoms with Crippen LogP contribution in [-0.2, 0) is 4.74 Å². The number of carbonyl (C=O) groups excluding carboxylic acids is 2. The maximum Gasteiger partial charge on any atom is 0.319 e. The highest BCUT2D eigenvalue weighted by Crippen LogP contribution is 2.23. The summed E-state index contributed by atoms with van der Waals surface area (Å²) < 4.78 is 5.28. The first kappa shape index (κ1) is 17.7. The van der Waals surface area contributed by atoms with Gasteiger partial charge in [-0.15, -0.1) is 0 Å². The second kappa shape index (κ2) is 8.34. The molecule has 3 rings (SSSR count). The van der Waals surface area contributed by atoms with Gasteiger partial charge < -0.3 is 20.3 Å². The van der Waals surface area contributed by atoms with Crippen molar-refractivity contribution in [3.05, 3.63) is 29.8 Å². The van der Waals surface area contributed by atoms with Crippen LogP contribution in [0.3, 0.4) is 0 Å². The molecule has 25 heavy (non-hydrogen) atoms. The number of carbonyl (C=O) groups is 2. The van der Waals surface area contributed by atoms with Gasteiger partial charge in [-0.05, 0) is 37.0 Å². The normalized spacial score (nSPS) is 23.8. The standard InChI is InChI=1S/C19H27N3O3/c1-14-5-2-3-8-17(14)21-19(24)20-16-7-4-6-15(13-16)18(23)22-9-11-25-12-10-22/h4,6-7,13-14,17H,2-3,5,8-12H2,1H3,(H2,20,21,24). The molecule has 1 aromatic rings. The van der Waals surface area contributed by atoms with Crippen molar-refractivity contribution in [3.63, 3.8) is 0 Å². The molecule has 0 radical (unpaired) electrons. The van der Waals surface area contributed by atoms with Gasteiger partial charge in [0.1, 0.15) is 0 Å². The zero-order valence-electron chi connectivity index (χ0n) is 14.8. The van der Waals surface area contributed by atoms with Crippen LogP contribution in [0.2, 0.25) is 0 Å². The van der Waals surface area contributed by atoms with Crippen LogP contribution >= 0.6 is 0 Å². The molecule has 0 bridgehead atoms. The number of hydrogen-bond acceptors (Lipinski definition) is 3. The predicted octanol–water partition coefficient (Wildman–Crippen LogP) is 2.86. The van der Waals surface area contributed by atoms with Crippen molar-refractivity contribution in [2.45, 2.75) is 38.6 Å². The van der Waals surface area contributed by atoms with E-state index in [2.05, 4.69) is 17.6 Å². The van der Waals surface area contributed by atoms with E-state index in [-0.39, 0.29) is 18.0 Å². The number of urea groups is 1. The van der Waals surface area contributed by atoms with Gasteiger partial charge in [-0.1, -0.05) is 25.8 Å². The van der Waals surface area contributed by atoms with Gasteiger partial charge in [0.15, 0.2) is 0 Å². The monoisotopic (exact) mass is 345 g/mol. The Morgan fingerprint density at radius 2 is 1.92 bits per heavy atom. The Hall–Kier alpha value is -2.08. The molecule has 136 valence electrons. The number of benzene rings is 1. The molecule has 6 heteroatoms. The Kier molecular flexibility index (Phi) is 5.91. The van der Waals surface area contributed by atoms with Crippen LogP contribution in [0.5, 0.6) is 0 Å². The zero-order chi connectivity index (χ0) is 17.6. The summed E-state index contributed by atoms with van der Waals surface area (Å²) >= 11 is 0. The summed E-state index contributed by atoms with van der Waals surface area (Å²) in [4.78, 5) is 26.6. The lowest BCUT2D eigenvalue weighted by Crippen LogP contribution is -2.43. The quantitative estimate of drug-likeness (QED) is 0.885. The molecular formula is C19H27N3O3. The van der Waals surface area contributed by atoms with E-state index in [1.807, 2.05) is 0 Å². The number of amides is 3. The topological polar surface area (TPSA) is 70.7 Å². The minimum atomic E-state index is -0.199. The summed E-state index contributed by atoms with van der Waals surface area (Å²) in [5.74, 6) is 0.488. The molecular weight excluding hydrogens is 318 g/mol. The molecule has 1 aromatic carbocycles. The van der Waals surface area contributed by atoms with Crippen molar-refractivity contribution in [1.82, 2.24) is 10.2 Å². The van der Waals surface area contributed by atoms with E-state index >= 15 is 0 Å². The van der Waals surface area contributed by atoms with E-state index in [0.29, 0.717) is 43.5 Å². The molecule has 1 saturated heterocycles.